The number of carboxylic acids is 1. The molecule has 0 atom stereocenters. The quantitative estimate of drug-likeness (QED) is 0.572. The molecule has 0 saturated heterocycles. The Morgan fingerprint density at radius 1 is 1.21 bits per heavy atom. The van der Waals surface area contributed by atoms with Crippen LogP contribution in [0.25, 0.3) is 28.0 Å². The molecular weight excluding hydrogens is 387 g/mol. The summed E-state index contributed by atoms with van der Waals surface area (Å²) < 4.78 is 45.6. The fraction of sp³-hybridized carbons (Fsp3) is 0.0526. The maximum absolute atomic E-state index is 14.8. The van der Waals surface area contributed by atoms with Crippen molar-refractivity contribution in [1.29, 1.82) is 5.26 Å². The highest BCUT2D eigenvalue weighted by atomic mass is 19.2. The Labute approximate surface area is 160 Å². The predicted octanol–water partition coefficient (Wildman–Crippen LogP) is 3.39. The molecule has 0 aliphatic heterocycles. The minimum atomic E-state index is -1.32. The van der Waals surface area contributed by atoms with Gasteiger partial charge in [-0.1, -0.05) is 6.07 Å². The summed E-state index contributed by atoms with van der Waals surface area (Å²) >= 11 is 0. The molecule has 3 aromatic heterocycles. The van der Waals surface area contributed by atoms with Gasteiger partial charge in [-0.25, -0.2) is 18.6 Å². The third-order valence-electron chi connectivity index (χ3n) is 4.38. The van der Waals surface area contributed by atoms with Gasteiger partial charge in [-0.05, 0) is 18.2 Å². The van der Waals surface area contributed by atoms with E-state index in [4.69, 9.17) is 5.11 Å². The van der Waals surface area contributed by atoms with Gasteiger partial charge in [0.2, 0.25) is 5.95 Å². The van der Waals surface area contributed by atoms with E-state index in [2.05, 4.69) is 10.1 Å². The number of carbonyl (C=O) groups is 1. The Kier molecular flexibility index (Phi) is 4.08. The van der Waals surface area contributed by atoms with Crippen molar-refractivity contribution < 1.29 is 23.1 Å². The second-order valence-corrected chi connectivity index (χ2v) is 6.16. The molecule has 0 aliphatic rings. The van der Waals surface area contributed by atoms with Crippen LogP contribution in [0.2, 0.25) is 0 Å². The van der Waals surface area contributed by atoms with E-state index in [1.165, 1.54) is 46.7 Å². The van der Waals surface area contributed by atoms with Crippen molar-refractivity contribution in [3.05, 3.63) is 65.5 Å². The van der Waals surface area contributed by atoms with Gasteiger partial charge in [-0.15, -0.1) is 5.10 Å². The average Bonchev–Trinajstić information content (AvgIpc) is 3.21. The number of halogens is 3. The zero-order valence-corrected chi connectivity index (χ0v) is 14.7. The van der Waals surface area contributed by atoms with Gasteiger partial charge in [0.15, 0.2) is 17.3 Å². The molecule has 0 aliphatic carbocycles. The van der Waals surface area contributed by atoms with Crippen molar-refractivity contribution >= 4 is 11.6 Å². The number of imidazole rings is 1. The van der Waals surface area contributed by atoms with E-state index in [9.17, 15) is 23.2 Å². The van der Waals surface area contributed by atoms with Crippen LogP contribution in [0.5, 0.6) is 0 Å². The minimum Gasteiger partial charge on any atom is -0.478 e. The summed E-state index contributed by atoms with van der Waals surface area (Å²) in [6.45, 7) is 0. The van der Waals surface area contributed by atoms with Crippen LogP contribution >= 0.6 is 0 Å². The molecule has 7 nitrogen and oxygen atoms in total. The molecule has 0 amide bonds. The lowest BCUT2D eigenvalue weighted by molar-refractivity contribution is 0.0697. The van der Waals surface area contributed by atoms with E-state index in [0.29, 0.717) is 0 Å². The summed E-state index contributed by atoms with van der Waals surface area (Å²) in [6, 6.07) is 6.30. The predicted molar refractivity (Wildman–Crippen MR) is 94.4 cm³/mol. The number of pyridine rings is 1. The number of hydrogen-bond acceptors (Lipinski definition) is 4. The lowest BCUT2D eigenvalue weighted by Gasteiger charge is -2.09. The van der Waals surface area contributed by atoms with E-state index < -0.39 is 29.1 Å². The smallest absolute Gasteiger partial charge is 0.335 e. The third-order valence-corrected chi connectivity index (χ3v) is 4.38. The first-order chi connectivity index (χ1) is 13.8. The topological polar surface area (TPSA) is 96.2 Å². The Morgan fingerprint density at radius 2 is 1.97 bits per heavy atom. The molecular formula is C19H10F3N5O2. The fourth-order valence-corrected chi connectivity index (χ4v) is 3.11. The number of fused-ring (bicyclic) bond motifs is 1. The third kappa shape index (κ3) is 2.80. The van der Waals surface area contributed by atoms with Crippen LogP contribution in [0, 0.1) is 28.9 Å². The summed E-state index contributed by atoms with van der Waals surface area (Å²) in [5.74, 6) is -4.65. The largest absolute Gasteiger partial charge is 0.478 e. The maximum Gasteiger partial charge on any atom is 0.335 e. The summed E-state index contributed by atoms with van der Waals surface area (Å²) in [5, 5.41) is 22.3. The first-order valence-electron chi connectivity index (χ1n) is 8.15. The molecule has 0 spiro atoms. The molecule has 1 aromatic carbocycles. The van der Waals surface area contributed by atoms with Crippen molar-refractivity contribution in [2.75, 3.05) is 0 Å². The van der Waals surface area contributed by atoms with E-state index >= 15 is 0 Å². The Hall–Kier alpha value is -4.13. The summed E-state index contributed by atoms with van der Waals surface area (Å²) in [6.07, 6.45) is 2.57. The van der Waals surface area contributed by atoms with Crippen LogP contribution < -0.4 is 0 Å². The SMILES string of the molecule is Cn1cc(-c2ccc(F)c(F)c2-c2nc3cc(C(=O)O)ccn3c2C#N)c(F)n1. The molecule has 4 rings (SSSR count). The Bertz CT molecular complexity index is 1350. The number of aryl methyl sites for hydroxylation is 1. The zero-order valence-electron chi connectivity index (χ0n) is 14.7. The number of hydrogen-bond donors (Lipinski definition) is 1. The van der Waals surface area contributed by atoms with E-state index in [1.54, 1.807) is 0 Å². The van der Waals surface area contributed by atoms with Gasteiger partial charge in [0.25, 0.3) is 0 Å². The van der Waals surface area contributed by atoms with Gasteiger partial charge in [0, 0.05) is 25.0 Å². The Balaban J connectivity index is 2.08. The van der Waals surface area contributed by atoms with Crippen molar-refractivity contribution in [3.63, 3.8) is 0 Å². The van der Waals surface area contributed by atoms with Gasteiger partial charge >= 0.3 is 5.97 Å². The number of nitriles is 1. The highest BCUT2D eigenvalue weighted by Gasteiger charge is 2.26. The molecule has 10 heteroatoms. The molecule has 0 radical (unpaired) electrons. The first kappa shape index (κ1) is 18.2. The van der Waals surface area contributed by atoms with Crippen LogP contribution in [-0.2, 0) is 7.05 Å². The van der Waals surface area contributed by atoms with Crippen LogP contribution in [0.1, 0.15) is 16.1 Å². The van der Waals surface area contributed by atoms with E-state index in [1.807, 2.05) is 6.07 Å². The van der Waals surface area contributed by atoms with Crippen LogP contribution in [-0.4, -0.2) is 30.2 Å². The second-order valence-electron chi connectivity index (χ2n) is 6.16. The van der Waals surface area contributed by atoms with Crippen molar-refractivity contribution in [1.82, 2.24) is 19.2 Å². The monoisotopic (exact) mass is 397 g/mol. The Morgan fingerprint density at radius 3 is 2.59 bits per heavy atom. The molecule has 0 bridgehead atoms. The van der Waals surface area contributed by atoms with Gasteiger partial charge in [-0.2, -0.15) is 9.65 Å². The van der Waals surface area contributed by atoms with Crippen molar-refractivity contribution in [2.24, 2.45) is 7.05 Å². The first-order valence-corrected chi connectivity index (χ1v) is 8.15. The van der Waals surface area contributed by atoms with Crippen molar-refractivity contribution in [2.45, 2.75) is 0 Å². The number of rotatable bonds is 3. The lowest BCUT2D eigenvalue weighted by Crippen LogP contribution is -1.98. The van der Waals surface area contributed by atoms with Gasteiger partial charge in [0.05, 0.1) is 16.7 Å². The van der Waals surface area contributed by atoms with Crippen LogP contribution in [0.4, 0.5) is 13.2 Å². The fourth-order valence-electron chi connectivity index (χ4n) is 3.11. The van der Waals surface area contributed by atoms with Gasteiger partial charge in [0.1, 0.15) is 17.4 Å². The van der Waals surface area contributed by atoms with Crippen LogP contribution in [0.3, 0.4) is 0 Å². The van der Waals surface area contributed by atoms with E-state index in [-0.39, 0.29) is 33.7 Å². The number of nitrogens with zero attached hydrogens (tertiary/aromatic N) is 5. The molecule has 3 heterocycles. The number of carboxylic acid groups (broad SMARTS) is 1. The molecule has 0 saturated carbocycles. The maximum atomic E-state index is 14.8. The molecule has 29 heavy (non-hydrogen) atoms. The normalized spacial score (nSPS) is 11.0. The minimum absolute atomic E-state index is 0.0396. The highest BCUT2D eigenvalue weighted by Crippen LogP contribution is 2.37. The van der Waals surface area contributed by atoms with E-state index in [0.717, 1.165) is 6.07 Å². The average molecular weight is 397 g/mol. The molecule has 0 fully saturated rings. The molecule has 0 unspecified atom stereocenters. The van der Waals surface area contributed by atoms with Gasteiger partial charge < -0.3 is 5.11 Å². The summed E-state index contributed by atoms with van der Waals surface area (Å²) in [5.41, 5.74) is -1.04. The zero-order chi connectivity index (χ0) is 20.9. The van der Waals surface area contributed by atoms with Crippen LogP contribution in [0.15, 0.2) is 36.7 Å². The summed E-state index contributed by atoms with van der Waals surface area (Å²) in [7, 11) is 1.46. The standard InChI is InChI=1S/C19H10F3N5O2/c1-26-8-11(18(22)25-26)10-2-3-12(20)16(21)15(10)17-13(7-23)27-5-4-9(19(28)29)6-14(27)24-17/h2-6,8H,1H3,(H,28,29). The highest BCUT2D eigenvalue weighted by molar-refractivity contribution is 5.90. The second kappa shape index (κ2) is 6.49. The number of benzene rings is 1. The van der Waals surface area contributed by atoms with Crippen molar-refractivity contribution in [3.8, 4) is 28.5 Å². The molecule has 144 valence electrons. The molecule has 4 aromatic rings. The lowest BCUT2D eigenvalue weighted by atomic mass is 9.98. The number of aromatic carboxylic acids is 1. The molecule has 1 N–H and O–H groups in total. The summed E-state index contributed by atoms with van der Waals surface area (Å²) in [4.78, 5) is 15.3. The number of aromatic nitrogens is 4. The van der Waals surface area contributed by atoms with Gasteiger partial charge in [-0.3, -0.25) is 9.08 Å².